The molecule has 5 nitrogen and oxygen atoms in total. The number of nitrogens with one attached hydrogen (secondary N) is 1. The molecule has 0 amide bonds. The first kappa shape index (κ1) is 13.7. The number of para-hydroxylation sites is 1. The van der Waals surface area contributed by atoms with Gasteiger partial charge in [-0.05, 0) is 25.0 Å². The summed E-state index contributed by atoms with van der Waals surface area (Å²) >= 11 is 6.04. The van der Waals surface area contributed by atoms with Crippen LogP contribution in [0.3, 0.4) is 0 Å². The number of rotatable bonds is 2. The third kappa shape index (κ3) is 2.27. The average Bonchev–Trinajstić information content (AvgIpc) is 2.70. The first-order valence-electron chi connectivity index (χ1n) is 6.57. The Hall–Kier alpha value is -1.27. The summed E-state index contributed by atoms with van der Waals surface area (Å²) in [7, 11) is -3.10. The molecule has 7 heteroatoms. The van der Waals surface area contributed by atoms with Gasteiger partial charge in [0.05, 0.1) is 27.1 Å². The molecule has 108 valence electrons. The van der Waals surface area contributed by atoms with Crippen molar-refractivity contribution in [1.82, 2.24) is 9.55 Å². The maximum Gasteiger partial charge on any atom is 0.326 e. The normalized spacial score (nSPS) is 22.1. The number of imidazole rings is 1. The van der Waals surface area contributed by atoms with Crippen molar-refractivity contribution in [1.29, 1.82) is 0 Å². The number of halogens is 1. The molecule has 0 radical (unpaired) electrons. The van der Waals surface area contributed by atoms with E-state index in [1.807, 2.05) is 0 Å². The van der Waals surface area contributed by atoms with E-state index >= 15 is 0 Å². The van der Waals surface area contributed by atoms with Gasteiger partial charge in [-0.1, -0.05) is 24.1 Å². The number of H-pyrrole nitrogens is 1. The van der Waals surface area contributed by atoms with Crippen LogP contribution < -0.4 is 5.69 Å². The summed E-state index contributed by atoms with van der Waals surface area (Å²) in [4.78, 5) is 14.7. The minimum Gasteiger partial charge on any atom is -0.304 e. The van der Waals surface area contributed by atoms with E-state index in [1.165, 1.54) is 4.57 Å². The van der Waals surface area contributed by atoms with E-state index in [2.05, 4.69) is 4.98 Å². The van der Waals surface area contributed by atoms with Gasteiger partial charge in [-0.2, -0.15) is 0 Å². The topological polar surface area (TPSA) is 71.9 Å². The van der Waals surface area contributed by atoms with Crippen molar-refractivity contribution in [3.63, 3.8) is 0 Å². The predicted molar refractivity (Wildman–Crippen MR) is 79.0 cm³/mol. The Morgan fingerprint density at radius 1 is 1.35 bits per heavy atom. The van der Waals surface area contributed by atoms with E-state index in [0.29, 0.717) is 28.9 Å². The zero-order chi connectivity index (χ0) is 14.3. The highest BCUT2D eigenvalue weighted by molar-refractivity contribution is 7.92. The van der Waals surface area contributed by atoms with E-state index in [1.54, 1.807) is 18.2 Å². The number of aromatic nitrogens is 2. The zero-order valence-corrected chi connectivity index (χ0v) is 12.4. The Morgan fingerprint density at radius 2 is 2.15 bits per heavy atom. The standard InChI is InChI=1S/C13H15ClN2O3S/c14-10-5-3-6-11-12(10)15-13(17)16(11)8-9-4-1-2-7-20(9,18)19/h3,5-6,9H,1-2,4,7-8H2,(H,15,17). The SMILES string of the molecule is O=c1[nH]c2c(Cl)cccc2n1CC1CCCCS1(=O)=O. The molecular formula is C13H15ClN2O3S. The Morgan fingerprint density at radius 3 is 2.90 bits per heavy atom. The second-order valence-electron chi connectivity index (χ2n) is 5.16. The second-order valence-corrected chi connectivity index (χ2v) is 7.97. The molecule has 1 aromatic heterocycles. The Bertz CT molecular complexity index is 807. The minimum atomic E-state index is -3.10. The molecule has 1 aliphatic heterocycles. The fourth-order valence-electron chi connectivity index (χ4n) is 2.76. The third-order valence-electron chi connectivity index (χ3n) is 3.86. The fraction of sp³-hybridized carbons (Fsp3) is 0.462. The smallest absolute Gasteiger partial charge is 0.304 e. The van der Waals surface area contributed by atoms with Crippen LogP contribution in [0, 0.1) is 0 Å². The predicted octanol–water partition coefficient (Wildman–Crippen LogP) is 1.95. The largest absolute Gasteiger partial charge is 0.326 e. The van der Waals surface area contributed by atoms with Crippen LogP contribution in [0.15, 0.2) is 23.0 Å². The molecule has 1 fully saturated rings. The van der Waals surface area contributed by atoms with Crippen LogP contribution in [0.5, 0.6) is 0 Å². The van der Waals surface area contributed by atoms with E-state index in [9.17, 15) is 13.2 Å². The lowest BCUT2D eigenvalue weighted by molar-refractivity contribution is 0.508. The van der Waals surface area contributed by atoms with Gasteiger partial charge in [-0.25, -0.2) is 13.2 Å². The summed E-state index contributed by atoms with van der Waals surface area (Å²) in [5.74, 6) is 0.218. The quantitative estimate of drug-likeness (QED) is 0.921. The summed E-state index contributed by atoms with van der Waals surface area (Å²) < 4.78 is 25.6. The second kappa shape index (κ2) is 4.93. The number of fused-ring (bicyclic) bond motifs is 1. The molecule has 1 unspecified atom stereocenters. The van der Waals surface area contributed by atoms with Gasteiger partial charge in [0.15, 0.2) is 9.84 Å². The Labute approximate surface area is 121 Å². The molecule has 2 aromatic rings. The lowest BCUT2D eigenvalue weighted by atomic mass is 10.2. The number of hydrogen-bond donors (Lipinski definition) is 1. The molecule has 1 atom stereocenters. The molecular weight excluding hydrogens is 300 g/mol. The van der Waals surface area contributed by atoms with Gasteiger partial charge in [0.2, 0.25) is 0 Å². The highest BCUT2D eigenvalue weighted by Gasteiger charge is 2.30. The van der Waals surface area contributed by atoms with Gasteiger partial charge in [0, 0.05) is 6.54 Å². The van der Waals surface area contributed by atoms with Crippen LogP contribution in [0.4, 0.5) is 0 Å². The molecule has 3 rings (SSSR count). The lowest BCUT2D eigenvalue weighted by Gasteiger charge is -2.22. The van der Waals surface area contributed by atoms with Crippen molar-refractivity contribution in [3.05, 3.63) is 33.7 Å². The van der Waals surface area contributed by atoms with Gasteiger partial charge in [-0.15, -0.1) is 0 Å². The van der Waals surface area contributed by atoms with Gasteiger partial charge in [0.1, 0.15) is 0 Å². The summed E-state index contributed by atoms with van der Waals surface area (Å²) in [6.45, 7) is 0.196. The van der Waals surface area contributed by atoms with Crippen molar-refractivity contribution in [2.24, 2.45) is 0 Å². The first-order chi connectivity index (χ1) is 9.49. The number of benzene rings is 1. The summed E-state index contributed by atoms with van der Waals surface area (Å²) in [6, 6.07) is 5.22. The van der Waals surface area contributed by atoms with Crippen LogP contribution in [0.1, 0.15) is 19.3 Å². The zero-order valence-electron chi connectivity index (χ0n) is 10.8. The van der Waals surface area contributed by atoms with E-state index in [0.717, 1.165) is 6.42 Å². The molecule has 2 heterocycles. The summed E-state index contributed by atoms with van der Waals surface area (Å²) in [6.07, 6.45) is 2.22. The van der Waals surface area contributed by atoms with E-state index < -0.39 is 15.1 Å². The summed E-state index contributed by atoms with van der Waals surface area (Å²) in [5, 5.41) is -0.0169. The number of aromatic amines is 1. The molecule has 0 aliphatic carbocycles. The highest BCUT2D eigenvalue weighted by atomic mass is 35.5. The van der Waals surface area contributed by atoms with E-state index in [-0.39, 0.29) is 18.0 Å². The van der Waals surface area contributed by atoms with Crippen LogP contribution in [-0.4, -0.2) is 29.0 Å². The number of sulfone groups is 1. The van der Waals surface area contributed by atoms with Crippen LogP contribution >= 0.6 is 11.6 Å². The molecule has 0 saturated carbocycles. The third-order valence-corrected chi connectivity index (χ3v) is 6.43. The molecule has 20 heavy (non-hydrogen) atoms. The minimum absolute atomic E-state index is 0.196. The first-order valence-corrected chi connectivity index (χ1v) is 8.67. The van der Waals surface area contributed by atoms with Crippen molar-refractivity contribution < 1.29 is 8.42 Å². The lowest BCUT2D eigenvalue weighted by Crippen LogP contribution is -2.34. The highest BCUT2D eigenvalue weighted by Crippen LogP contribution is 2.24. The molecule has 1 aliphatic rings. The van der Waals surface area contributed by atoms with Crippen molar-refractivity contribution in [3.8, 4) is 0 Å². The van der Waals surface area contributed by atoms with Crippen molar-refractivity contribution in [2.75, 3.05) is 5.75 Å². The maximum absolute atomic E-state index is 12.1. The van der Waals surface area contributed by atoms with E-state index in [4.69, 9.17) is 11.6 Å². The monoisotopic (exact) mass is 314 g/mol. The molecule has 1 aromatic carbocycles. The van der Waals surface area contributed by atoms with Gasteiger partial charge < -0.3 is 4.98 Å². The molecule has 1 saturated heterocycles. The number of nitrogens with zero attached hydrogens (tertiary/aromatic N) is 1. The van der Waals surface area contributed by atoms with Crippen LogP contribution in [0.2, 0.25) is 5.02 Å². The van der Waals surface area contributed by atoms with Crippen molar-refractivity contribution >= 4 is 32.5 Å². The fourth-order valence-corrected chi connectivity index (χ4v) is 4.82. The molecule has 1 N–H and O–H groups in total. The Kier molecular flexibility index (Phi) is 3.38. The number of hydrogen-bond acceptors (Lipinski definition) is 3. The van der Waals surface area contributed by atoms with Crippen LogP contribution in [-0.2, 0) is 16.4 Å². The van der Waals surface area contributed by atoms with Gasteiger partial charge in [-0.3, -0.25) is 4.57 Å². The van der Waals surface area contributed by atoms with Gasteiger partial charge >= 0.3 is 5.69 Å². The summed E-state index contributed by atoms with van der Waals surface area (Å²) in [5.41, 5.74) is 0.907. The van der Waals surface area contributed by atoms with Crippen molar-refractivity contribution in [2.45, 2.75) is 31.1 Å². The molecule has 0 spiro atoms. The maximum atomic E-state index is 12.1. The van der Waals surface area contributed by atoms with Crippen LogP contribution in [0.25, 0.3) is 11.0 Å². The molecule has 0 bridgehead atoms. The average molecular weight is 315 g/mol. The van der Waals surface area contributed by atoms with Gasteiger partial charge in [0.25, 0.3) is 0 Å². The Balaban J connectivity index is 2.05.